The number of hydrogen-bond donors (Lipinski definition) is 2. The largest absolute Gasteiger partial charge is 0.477 e. The predicted molar refractivity (Wildman–Crippen MR) is 125 cm³/mol. The van der Waals surface area contributed by atoms with Crippen LogP contribution in [0.3, 0.4) is 0 Å². The first kappa shape index (κ1) is 23.1. The summed E-state index contributed by atoms with van der Waals surface area (Å²) in [5.74, 6) is 3.05. The lowest BCUT2D eigenvalue weighted by Crippen LogP contribution is -2.38. The molecule has 0 radical (unpaired) electrons. The number of nitrogens with one attached hydrogen (secondary N) is 2. The highest BCUT2D eigenvalue weighted by atomic mass is 127. The van der Waals surface area contributed by atoms with Crippen molar-refractivity contribution in [3.05, 3.63) is 47.7 Å². The van der Waals surface area contributed by atoms with E-state index < -0.39 is 0 Å². The van der Waals surface area contributed by atoms with E-state index >= 15 is 0 Å². The molecule has 158 valence electrons. The number of rotatable bonds is 9. The summed E-state index contributed by atoms with van der Waals surface area (Å²) >= 11 is 0. The third kappa shape index (κ3) is 6.95. The third-order valence-electron chi connectivity index (χ3n) is 4.19. The monoisotopic (exact) mass is 512 g/mol. The van der Waals surface area contributed by atoms with Gasteiger partial charge in [0, 0.05) is 24.8 Å². The Bertz CT molecular complexity index is 801. The molecular weight excluding hydrogens is 483 g/mol. The van der Waals surface area contributed by atoms with Crippen LogP contribution in [-0.2, 0) is 13.0 Å². The van der Waals surface area contributed by atoms with Crippen LogP contribution in [0.5, 0.6) is 17.4 Å². The molecule has 0 amide bonds. The molecule has 7 nitrogen and oxygen atoms in total. The van der Waals surface area contributed by atoms with Crippen molar-refractivity contribution in [3.8, 4) is 17.4 Å². The normalized spacial score (nSPS) is 12.3. The number of guanidine groups is 1. The summed E-state index contributed by atoms with van der Waals surface area (Å²) in [5.41, 5.74) is 2.17. The first-order valence-electron chi connectivity index (χ1n) is 9.77. The molecule has 0 bridgehead atoms. The van der Waals surface area contributed by atoms with Crippen LogP contribution in [0.4, 0.5) is 0 Å². The van der Waals surface area contributed by atoms with Crippen molar-refractivity contribution in [2.75, 3.05) is 26.5 Å². The van der Waals surface area contributed by atoms with Crippen molar-refractivity contribution >= 4 is 29.9 Å². The van der Waals surface area contributed by atoms with Crippen LogP contribution in [0.1, 0.15) is 31.4 Å². The number of pyridine rings is 1. The Balaban J connectivity index is 0.00000300. The van der Waals surface area contributed by atoms with E-state index in [0.29, 0.717) is 25.8 Å². The number of halogens is 1. The fraction of sp³-hybridized carbons (Fsp3) is 0.429. The Labute approximate surface area is 189 Å². The maximum Gasteiger partial charge on any atom is 0.231 e. The molecule has 0 unspecified atom stereocenters. The van der Waals surface area contributed by atoms with E-state index in [2.05, 4.69) is 40.5 Å². The van der Waals surface area contributed by atoms with Gasteiger partial charge in [-0.2, -0.15) is 0 Å². The summed E-state index contributed by atoms with van der Waals surface area (Å²) in [5, 5.41) is 6.65. The lowest BCUT2D eigenvalue weighted by molar-refractivity contribution is 0.174. The molecule has 2 aromatic rings. The van der Waals surface area contributed by atoms with Gasteiger partial charge in [-0.05, 0) is 43.5 Å². The topological polar surface area (TPSA) is 77.0 Å². The van der Waals surface area contributed by atoms with Crippen molar-refractivity contribution in [2.24, 2.45) is 4.99 Å². The maximum absolute atomic E-state index is 5.71. The number of hydrogen-bond acceptors (Lipinski definition) is 5. The second-order valence-electron chi connectivity index (χ2n) is 6.38. The third-order valence-corrected chi connectivity index (χ3v) is 4.19. The standard InChI is InChI=1S/C21H28N4O3.HI/c1-3-12-26-20-17(6-5-10-23-20)14-25-21(22-4-2)24-11-9-16-7-8-18-19(13-16)28-15-27-18;/h5-8,10,13H,3-4,9,11-12,14-15H2,1-2H3,(H2,22,24,25);1H. The van der Waals surface area contributed by atoms with Gasteiger partial charge in [0.2, 0.25) is 12.7 Å². The average Bonchev–Trinajstić information content (AvgIpc) is 3.19. The molecule has 8 heteroatoms. The molecule has 0 saturated carbocycles. The first-order valence-corrected chi connectivity index (χ1v) is 9.77. The zero-order valence-corrected chi connectivity index (χ0v) is 19.3. The molecule has 1 aromatic carbocycles. The quantitative estimate of drug-likeness (QED) is 0.304. The number of aliphatic imine (C=N–C) groups is 1. The smallest absolute Gasteiger partial charge is 0.231 e. The molecule has 1 aliphatic rings. The lowest BCUT2D eigenvalue weighted by Gasteiger charge is -2.12. The van der Waals surface area contributed by atoms with Gasteiger partial charge >= 0.3 is 0 Å². The van der Waals surface area contributed by atoms with Crippen LogP contribution in [0.2, 0.25) is 0 Å². The summed E-state index contributed by atoms with van der Waals surface area (Å²) < 4.78 is 16.5. The van der Waals surface area contributed by atoms with Crippen LogP contribution >= 0.6 is 24.0 Å². The molecule has 0 saturated heterocycles. The number of fused-ring (bicyclic) bond motifs is 1. The minimum atomic E-state index is 0. The van der Waals surface area contributed by atoms with Crippen LogP contribution in [-0.4, -0.2) is 37.4 Å². The van der Waals surface area contributed by atoms with Crippen LogP contribution < -0.4 is 24.8 Å². The second-order valence-corrected chi connectivity index (χ2v) is 6.38. The van der Waals surface area contributed by atoms with Gasteiger partial charge in [-0.25, -0.2) is 9.98 Å². The van der Waals surface area contributed by atoms with E-state index in [-0.39, 0.29) is 24.0 Å². The first-order chi connectivity index (χ1) is 13.8. The fourth-order valence-corrected chi connectivity index (χ4v) is 2.80. The number of ether oxygens (including phenoxy) is 3. The summed E-state index contributed by atoms with van der Waals surface area (Å²) in [7, 11) is 0. The molecule has 1 aromatic heterocycles. The predicted octanol–water partition coefficient (Wildman–Crippen LogP) is 3.51. The molecular formula is C21H29IN4O3. The van der Waals surface area contributed by atoms with E-state index in [0.717, 1.165) is 49.0 Å². The fourth-order valence-electron chi connectivity index (χ4n) is 2.80. The van der Waals surface area contributed by atoms with Gasteiger partial charge in [0.15, 0.2) is 17.5 Å². The zero-order chi connectivity index (χ0) is 19.6. The van der Waals surface area contributed by atoms with Gasteiger partial charge in [0.25, 0.3) is 0 Å². The van der Waals surface area contributed by atoms with E-state index in [1.54, 1.807) is 6.20 Å². The zero-order valence-electron chi connectivity index (χ0n) is 16.9. The molecule has 3 rings (SSSR count). The summed E-state index contributed by atoms with van der Waals surface area (Å²) in [6.45, 7) is 7.14. The lowest BCUT2D eigenvalue weighted by atomic mass is 10.1. The molecule has 2 N–H and O–H groups in total. The SMILES string of the molecule is CCCOc1ncccc1CN=C(NCC)NCCc1ccc2c(c1)OCO2.I. The van der Waals surface area contributed by atoms with Crippen LogP contribution in [0, 0.1) is 0 Å². The molecule has 29 heavy (non-hydrogen) atoms. The maximum atomic E-state index is 5.71. The summed E-state index contributed by atoms with van der Waals surface area (Å²) in [6, 6.07) is 9.95. The van der Waals surface area contributed by atoms with Gasteiger partial charge in [-0.3, -0.25) is 0 Å². The van der Waals surface area contributed by atoms with Crippen molar-refractivity contribution in [1.29, 1.82) is 0 Å². The molecule has 0 fully saturated rings. The highest BCUT2D eigenvalue weighted by molar-refractivity contribution is 14.0. The molecule has 1 aliphatic heterocycles. The van der Waals surface area contributed by atoms with Gasteiger partial charge in [0.05, 0.1) is 13.2 Å². The average molecular weight is 512 g/mol. The van der Waals surface area contributed by atoms with Gasteiger partial charge in [-0.1, -0.05) is 19.1 Å². The Hall–Kier alpha value is -2.23. The second kappa shape index (κ2) is 12.4. The highest BCUT2D eigenvalue weighted by Crippen LogP contribution is 2.32. The Morgan fingerprint density at radius 2 is 2.03 bits per heavy atom. The van der Waals surface area contributed by atoms with Crippen LogP contribution in [0.15, 0.2) is 41.5 Å². The van der Waals surface area contributed by atoms with E-state index in [9.17, 15) is 0 Å². The molecule has 2 heterocycles. The number of aromatic nitrogens is 1. The van der Waals surface area contributed by atoms with Gasteiger partial charge < -0.3 is 24.8 Å². The highest BCUT2D eigenvalue weighted by Gasteiger charge is 2.13. The van der Waals surface area contributed by atoms with E-state index in [4.69, 9.17) is 14.2 Å². The van der Waals surface area contributed by atoms with E-state index in [1.807, 2.05) is 24.3 Å². The Kier molecular flexibility index (Phi) is 9.82. The van der Waals surface area contributed by atoms with Crippen molar-refractivity contribution < 1.29 is 14.2 Å². The number of nitrogens with zero attached hydrogens (tertiary/aromatic N) is 2. The van der Waals surface area contributed by atoms with Crippen LogP contribution in [0.25, 0.3) is 0 Å². The Morgan fingerprint density at radius 1 is 1.17 bits per heavy atom. The van der Waals surface area contributed by atoms with E-state index in [1.165, 1.54) is 5.56 Å². The van der Waals surface area contributed by atoms with Crippen molar-refractivity contribution in [2.45, 2.75) is 33.2 Å². The van der Waals surface area contributed by atoms with Gasteiger partial charge in [0.1, 0.15) is 0 Å². The minimum absolute atomic E-state index is 0. The van der Waals surface area contributed by atoms with Gasteiger partial charge in [-0.15, -0.1) is 24.0 Å². The van der Waals surface area contributed by atoms with Crippen molar-refractivity contribution in [1.82, 2.24) is 15.6 Å². The molecule has 0 spiro atoms. The van der Waals surface area contributed by atoms with Crippen molar-refractivity contribution in [3.63, 3.8) is 0 Å². The summed E-state index contributed by atoms with van der Waals surface area (Å²) in [6.07, 6.45) is 3.55. The molecule has 0 aliphatic carbocycles. The number of benzene rings is 1. The molecule has 0 atom stereocenters. The summed E-state index contributed by atoms with van der Waals surface area (Å²) in [4.78, 5) is 8.99. The minimum Gasteiger partial charge on any atom is -0.477 e. The Morgan fingerprint density at radius 3 is 2.86 bits per heavy atom.